The Kier molecular flexibility index (Phi) is 4.94. The van der Waals surface area contributed by atoms with Gasteiger partial charge in [0.05, 0.1) is 18.8 Å². The van der Waals surface area contributed by atoms with Crippen LogP contribution in [0.25, 0.3) is 0 Å². The maximum atomic E-state index is 13.3. The minimum absolute atomic E-state index is 0.142. The Labute approximate surface area is 166 Å². The van der Waals surface area contributed by atoms with E-state index in [9.17, 15) is 9.18 Å². The zero-order valence-electron chi connectivity index (χ0n) is 16.0. The molecule has 0 bridgehead atoms. The summed E-state index contributed by atoms with van der Waals surface area (Å²) in [5.41, 5.74) is 2.68. The van der Waals surface area contributed by atoms with Crippen molar-refractivity contribution in [2.24, 2.45) is 0 Å². The lowest BCUT2D eigenvalue weighted by Gasteiger charge is -2.02. The lowest BCUT2D eigenvalue weighted by molar-refractivity contribution is 0.0993. The predicted molar refractivity (Wildman–Crippen MR) is 103 cm³/mol. The van der Waals surface area contributed by atoms with Crippen LogP contribution in [0, 0.1) is 19.7 Å². The molecule has 4 rings (SSSR count). The third-order valence-corrected chi connectivity index (χ3v) is 4.29. The molecule has 0 aliphatic rings. The van der Waals surface area contributed by atoms with E-state index in [1.165, 1.54) is 23.1 Å². The van der Waals surface area contributed by atoms with Crippen LogP contribution >= 0.6 is 0 Å². The molecule has 0 aliphatic heterocycles. The van der Waals surface area contributed by atoms with Crippen LogP contribution in [-0.2, 0) is 13.1 Å². The highest BCUT2D eigenvalue weighted by Crippen LogP contribution is 2.13. The predicted octanol–water partition coefficient (Wildman–Crippen LogP) is 3.17. The van der Waals surface area contributed by atoms with Crippen molar-refractivity contribution < 1.29 is 13.6 Å². The quantitative estimate of drug-likeness (QED) is 0.542. The zero-order chi connectivity index (χ0) is 20.4. The zero-order valence-corrected chi connectivity index (χ0v) is 16.0. The molecule has 0 fully saturated rings. The van der Waals surface area contributed by atoms with Gasteiger partial charge in [0, 0.05) is 5.69 Å². The molecule has 1 aromatic carbocycles. The van der Waals surface area contributed by atoms with Crippen molar-refractivity contribution in [2.45, 2.75) is 26.9 Å². The molecule has 9 heteroatoms. The number of carbonyl (C=O) groups is 1. The first-order chi connectivity index (χ1) is 14.0. The molecule has 148 valence electrons. The number of hydrogen-bond donors (Lipinski definition) is 1. The van der Waals surface area contributed by atoms with Gasteiger partial charge in [-0.2, -0.15) is 5.10 Å². The molecule has 0 radical (unpaired) electrons. The van der Waals surface area contributed by atoms with E-state index < -0.39 is 5.91 Å². The second-order valence-corrected chi connectivity index (χ2v) is 6.70. The van der Waals surface area contributed by atoms with Crippen LogP contribution in [0.4, 0.5) is 10.3 Å². The van der Waals surface area contributed by atoms with Crippen molar-refractivity contribution in [2.75, 3.05) is 5.32 Å². The molecular formula is C20H19FN6O2. The number of aryl methyl sites for hydroxylation is 2. The van der Waals surface area contributed by atoms with Crippen molar-refractivity contribution in [3.63, 3.8) is 0 Å². The topological polar surface area (TPSA) is 90.8 Å². The molecular weight excluding hydrogens is 375 g/mol. The first-order valence-electron chi connectivity index (χ1n) is 9.01. The highest BCUT2D eigenvalue weighted by Gasteiger charge is 2.15. The van der Waals surface area contributed by atoms with E-state index in [2.05, 4.69) is 20.5 Å². The van der Waals surface area contributed by atoms with Crippen LogP contribution in [0.5, 0.6) is 0 Å². The summed E-state index contributed by atoms with van der Waals surface area (Å²) < 4.78 is 22.2. The summed E-state index contributed by atoms with van der Waals surface area (Å²) in [5.74, 6) is 0.148. The molecule has 3 aromatic heterocycles. The summed E-state index contributed by atoms with van der Waals surface area (Å²) in [7, 11) is 0. The van der Waals surface area contributed by atoms with Gasteiger partial charge in [-0.15, -0.1) is 5.10 Å². The minimum Gasteiger partial charge on any atom is -0.454 e. The van der Waals surface area contributed by atoms with Gasteiger partial charge >= 0.3 is 0 Å². The fourth-order valence-corrected chi connectivity index (χ4v) is 2.98. The molecule has 0 unspecified atom stereocenters. The number of halogens is 1. The summed E-state index contributed by atoms with van der Waals surface area (Å²) in [6.07, 6.45) is 1.47. The molecule has 0 saturated carbocycles. The lowest BCUT2D eigenvalue weighted by Crippen LogP contribution is -2.13. The first kappa shape index (κ1) is 18.6. The molecule has 0 spiro atoms. The van der Waals surface area contributed by atoms with Crippen molar-refractivity contribution in [3.8, 4) is 0 Å². The highest BCUT2D eigenvalue weighted by molar-refractivity contribution is 6.01. The van der Waals surface area contributed by atoms with E-state index >= 15 is 0 Å². The van der Waals surface area contributed by atoms with Crippen molar-refractivity contribution in [1.82, 2.24) is 24.5 Å². The molecule has 3 heterocycles. The van der Waals surface area contributed by atoms with Crippen molar-refractivity contribution in [1.29, 1.82) is 0 Å². The fourth-order valence-electron chi connectivity index (χ4n) is 2.98. The van der Waals surface area contributed by atoms with E-state index in [1.54, 1.807) is 24.3 Å². The van der Waals surface area contributed by atoms with E-state index in [-0.39, 0.29) is 17.5 Å². The van der Waals surface area contributed by atoms with Gasteiger partial charge in [-0.3, -0.25) is 14.8 Å². The summed E-state index contributed by atoms with van der Waals surface area (Å²) in [6.45, 7) is 4.66. The monoisotopic (exact) mass is 394 g/mol. The third kappa shape index (κ3) is 4.40. The lowest BCUT2D eigenvalue weighted by atomic mass is 10.2. The molecule has 1 N–H and O–H groups in total. The average Bonchev–Trinajstić information content (AvgIpc) is 3.37. The van der Waals surface area contributed by atoms with E-state index in [0.29, 0.717) is 18.8 Å². The number of rotatable bonds is 6. The number of anilines is 1. The molecule has 8 nitrogen and oxygen atoms in total. The number of amides is 1. The van der Waals surface area contributed by atoms with Gasteiger partial charge in [-0.1, -0.05) is 12.1 Å². The van der Waals surface area contributed by atoms with Gasteiger partial charge in [0.1, 0.15) is 17.9 Å². The van der Waals surface area contributed by atoms with E-state index in [1.807, 2.05) is 24.6 Å². The minimum atomic E-state index is -0.451. The molecule has 1 amide bonds. The van der Waals surface area contributed by atoms with Gasteiger partial charge in [0.25, 0.3) is 5.91 Å². The van der Waals surface area contributed by atoms with Crippen LogP contribution in [-0.4, -0.2) is 30.5 Å². The largest absolute Gasteiger partial charge is 0.454 e. The fraction of sp³-hybridized carbons (Fsp3) is 0.200. The smallest absolute Gasteiger partial charge is 0.293 e. The number of carbonyl (C=O) groups excluding carboxylic acids is 1. The van der Waals surface area contributed by atoms with Crippen LogP contribution in [0.2, 0.25) is 0 Å². The average molecular weight is 394 g/mol. The van der Waals surface area contributed by atoms with Gasteiger partial charge in [-0.05, 0) is 49.7 Å². The summed E-state index contributed by atoms with van der Waals surface area (Å²) >= 11 is 0. The van der Waals surface area contributed by atoms with Gasteiger partial charge in [0.2, 0.25) is 5.95 Å². The van der Waals surface area contributed by atoms with Crippen LogP contribution < -0.4 is 5.32 Å². The Hall–Kier alpha value is -3.75. The molecule has 0 saturated heterocycles. The highest BCUT2D eigenvalue weighted by atomic mass is 19.1. The normalized spacial score (nSPS) is 11.0. The van der Waals surface area contributed by atoms with E-state index in [0.717, 1.165) is 17.0 Å². The SMILES string of the molecule is Cc1cc(C)n(Cc2ccc(C(=O)Nc3ncn(Cc4cccc(F)c4)n3)o2)n1. The summed E-state index contributed by atoms with van der Waals surface area (Å²) in [5, 5.41) is 11.2. The first-order valence-corrected chi connectivity index (χ1v) is 9.01. The maximum Gasteiger partial charge on any atom is 0.293 e. The second-order valence-electron chi connectivity index (χ2n) is 6.70. The third-order valence-electron chi connectivity index (χ3n) is 4.29. The Bertz CT molecular complexity index is 1160. The molecule has 4 aromatic rings. The molecule has 0 aliphatic carbocycles. The summed E-state index contributed by atoms with van der Waals surface area (Å²) in [6, 6.07) is 11.5. The van der Waals surface area contributed by atoms with Gasteiger partial charge in [-0.25, -0.2) is 14.1 Å². The Morgan fingerprint density at radius 3 is 2.76 bits per heavy atom. The van der Waals surface area contributed by atoms with Crippen molar-refractivity contribution >= 4 is 11.9 Å². The number of benzene rings is 1. The Balaban J connectivity index is 1.39. The van der Waals surface area contributed by atoms with Crippen LogP contribution in [0.15, 0.2) is 53.2 Å². The number of aromatic nitrogens is 5. The van der Waals surface area contributed by atoms with Crippen LogP contribution in [0.3, 0.4) is 0 Å². The van der Waals surface area contributed by atoms with Gasteiger partial charge < -0.3 is 4.42 Å². The second kappa shape index (κ2) is 7.70. The van der Waals surface area contributed by atoms with Gasteiger partial charge in [0.15, 0.2) is 5.76 Å². The standard InChI is InChI=1S/C20H19FN6O2/c1-13-8-14(2)27(24-13)11-17-6-7-18(29-17)19(28)23-20-22-12-26(25-20)10-15-4-3-5-16(21)9-15/h3-9,12H,10-11H2,1-2H3,(H,23,25,28). The van der Waals surface area contributed by atoms with Crippen LogP contribution in [0.1, 0.15) is 33.3 Å². The Morgan fingerprint density at radius 2 is 2.00 bits per heavy atom. The number of furan rings is 1. The Morgan fingerprint density at radius 1 is 1.14 bits per heavy atom. The molecule has 29 heavy (non-hydrogen) atoms. The summed E-state index contributed by atoms with van der Waals surface area (Å²) in [4.78, 5) is 16.5. The van der Waals surface area contributed by atoms with E-state index in [4.69, 9.17) is 4.42 Å². The van der Waals surface area contributed by atoms with Crippen molar-refractivity contribution in [3.05, 3.63) is 83.1 Å². The number of nitrogens with one attached hydrogen (secondary N) is 1. The molecule has 0 atom stereocenters. The number of hydrogen-bond acceptors (Lipinski definition) is 5. The maximum absolute atomic E-state index is 13.3. The number of nitrogens with zero attached hydrogens (tertiary/aromatic N) is 5.